The van der Waals surface area contributed by atoms with Crippen molar-refractivity contribution in [2.45, 2.75) is 12.0 Å². The number of fused-ring (bicyclic) bond motifs is 1. The summed E-state index contributed by atoms with van der Waals surface area (Å²) in [6.45, 7) is 1.23. The summed E-state index contributed by atoms with van der Waals surface area (Å²) >= 11 is 0. The third-order valence-electron chi connectivity index (χ3n) is 3.60. The Morgan fingerprint density at radius 1 is 1.39 bits per heavy atom. The smallest absolute Gasteiger partial charge is 0.256 e. The lowest BCUT2D eigenvalue weighted by Crippen LogP contribution is -2.37. The van der Waals surface area contributed by atoms with Gasteiger partial charge in [-0.05, 0) is 24.5 Å². The van der Waals surface area contributed by atoms with Crippen molar-refractivity contribution in [3.63, 3.8) is 0 Å². The molecule has 3 nitrogen and oxygen atoms in total. The Labute approximate surface area is 117 Å². The molecule has 1 aliphatic heterocycles. The van der Waals surface area contributed by atoms with Crippen LogP contribution in [0.5, 0.6) is 0 Å². The maximum atomic E-state index is 13.4. The zero-order valence-corrected chi connectivity index (χ0v) is 11.3. The maximum absolute atomic E-state index is 13.4. The molecule has 0 bridgehead atoms. The van der Waals surface area contributed by atoms with Crippen molar-refractivity contribution in [2.24, 2.45) is 11.7 Å². The van der Waals surface area contributed by atoms with Crippen LogP contribution in [-0.2, 0) is 0 Å². The lowest BCUT2D eigenvalue weighted by atomic mass is 10.2. The first-order valence-corrected chi connectivity index (χ1v) is 5.43. The number of nitrogens with two attached hydrogens (primary N) is 1. The molecule has 1 heterocycles. The number of rotatable bonds is 1. The van der Waals surface area contributed by atoms with Crippen LogP contribution in [0.25, 0.3) is 0 Å². The van der Waals surface area contributed by atoms with Crippen molar-refractivity contribution in [3.05, 3.63) is 35.6 Å². The van der Waals surface area contributed by atoms with Gasteiger partial charge in [0.2, 0.25) is 0 Å². The maximum Gasteiger partial charge on any atom is 0.256 e. The Hall–Kier alpha value is -0.840. The van der Waals surface area contributed by atoms with E-state index in [1.165, 1.54) is 12.1 Å². The summed E-state index contributed by atoms with van der Waals surface area (Å²) in [5.74, 6) is -0.280. The molecule has 18 heavy (non-hydrogen) atoms. The molecule has 1 saturated heterocycles. The van der Waals surface area contributed by atoms with E-state index in [0.717, 1.165) is 6.42 Å². The molecule has 2 unspecified atom stereocenters. The van der Waals surface area contributed by atoms with E-state index in [0.29, 0.717) is 19.0 Å². The first-order chi connectivity index (χ1) is 7.60. The van der Waals surface area contributed by atoms with E-state index < -0.39 is 5.82 Å². The van der Waals surface area contributed by atoms with Gasteiger partial charge in [-0.25, -0.2) is 4.39 Å². The van der Waals surface area contributed by atoms with Gasteiger partial charge in [0.05, 0.1) is 5.56 Å². The van der Waals surface area contributed by atoms with Crippen molar-refractivity contribution in [3.8, 4) is 0 Å². The third kappa shape index (κ3) is 2.32. The summed E-state index contributed by atoms with van der Waals surface area (Å²) in [5, 5.41) is 0. The molecular formula is C12H15Cl2FN2O. The van der Waals surface area contributed by atoms with Crippen LogP contribution in [0.2, 0.25) is 0 Å². The molecule has 3 rings (SSSR count). The first kappa shape index (κ1) is 15.2. The second-order valence-corrected chi connectivity index (χ2v) is 4.80. The number of piperidine rings is 1. The highest BCUT2D eigenvalue weighted by atomic mass is 35.5. The fourth-order valence-corrected chi connectivity index (χ4v) is 2.49. The normalized spacial score (nSPS) is 27.9. The van der Waals surface area contributed by atoms with Gasteiger partial charge in [0, 0.05) is 18.6 Å². The second-order valence-electron chi connectivity index (χ2n) is 4.80. The summed E-state index contributed by atoms with van der Waals surface area (Å²) < 4.78 is 13.4. The number of nitrogens with zero attached hydrogens (tertiary/aromatic N) is 1. The van der Waals surface area contributed by atoms with E-state index >= 15 is 0 Å². The minimum atomic E-state index is -0.459. The molecule has 0 radical (unpaired) electrons. The van der Waals surface area contributed by atoms with Gasteiger partial charge in [-0.15, -0.1) is 24.8 Å². The Kier molecular flexibility index (Phi) is 4.26. The topological polar surface area (TPSA) is 46.3 Å². The number of likely N-dealkylation sites (tertiary alicyclic amines) is 1. The van der Waals surface area contributed by atoms with Gasteiger partial charge in [0.15, 0.2) is 0 Å². The summed E-state index contributed by atoms with van der Waals surface area (Å²) in [5.41, 5.74) is 5.97. The van der Waals surface area contributed by atoms with Crippen LogP contribution in [0.15, 0.2) is 24.3 Å². The molecule has 1 saturated carbocycles. The van der Waals surface area contributed by atoms with Gasteiger partial charge < -0.3 is 10.6 Å². The molecule has 2 N–H and O–H groups in total. The van der Waals surface area contributed by atoms with E-state index in [1.807, 2.05) is 0 Å². The van der Waals surface area contributed by atoms with Crippen molar-refractivity contribution < 1.29 is 9.18 Å². The SMILES string of the molecule is Cl.Cl.NC12CC1CN(C(=O)c1ccccc1F)C2. The Balaban J connectivity index is 0.000000810. The van der Waals surface area contributed by atoms with Crippen LogP contribution in [0.1, 0.15) is 16.8 Å². The summed E-state index contributed by atoms with van der Waals surface area (Å²) in [6, 6.07) is 6.08. The van der Waals surface area contributed by atoms with Crippen LogP contribution in [0.3, 0.4) is 0 Å². The average molecular weight is 293 g/mol. The molecule has 0 spiro atoms. The summed E-state index contributed by atoms with van der Waals surface area (Å²) in [6.07, 6.45) is 0.994. The number of benzene rings is 1. The molecule has 1 aromatic rings. The van der Waals surface area contributed by atoms with Gasteiger partial charge in [-0.1, -0.05) is 12.1 Å². The summed E-state index contributed by atoms with van der Waals surface area (Å²) in [7, 11) is 0. The number of carbonyl (C=O) groups excluding carboxylic acids is 1. The number of amides is 1. The number of hydrogen-bond donors (Lipinski definition) is 1. The minimum Gasteiger partial charge on any atom is -0.336 e. The van der Waals surface area contributed by atoms with Crippen molar-refractivity contribution in [1.29, 1.82) is 0 Å². The molecule has 6 heteroatoms. The van der Waals surface area contributed by atoms with Gasteiger partial charge in [0.25, 0.3) is 5.91 Å². The monoisotopic (exact) mass is 292 g/mol. The van der Waals surface area contributed by atoms with Gasteiger partial charge >= 0.3 is 0 Å². The highest BCUT2D eigenvalue weighted by Gasteiger charge is 2.58. The van der Waals surface area contributed by atoms with E-state index in [4.69, 9.17) is 5.73 Å². The standard InChI is InChI=1S/C12H13FN2O.2ClH/c13-10-4-2-1-3-9(10)11(16)15-6-8-5-12(8,14)7-15;;/h1-4,8H,5-7,14H2;2*1H. The highest BCUT2D eigenvalue weighted by Crippen LogP contribution is 2.47. The zero-order valence-electron chi connectivity index (χ0n) is 9.64. The molecule has 1 aromatic carbocycles. The zero-order chi connectivity index (χ0) is 11.3. The van der Waals surface area contributed by atoms with Crippen LogP contribution in [-0.4, -0.2) is 29.4 Å². The molecular weight excluding hydrogens is 278 g/mol. The van der Waals surface area contributed by atoms with Crippen LogP contribution >= 0.6 is 24.8 Å². The predicted octanol–water partition coefficient (Wildman–Crippen LogP) is 1.84. The van der Waals surface area contributed by atoms with E-state index in [2.05, 4.69) is 0 Å². The lowest BCUT2D eigenvalue weighted by molar-refractivity contribution is 0.0768. The number of halogens is 3. The molecule has 2 atom stereocenters. The molecule has 1 amide bonds. The Morgan fingerprint density at radius 2 is 2.06 bits per heavy atom. The molecule has 100 valence electrons. The van der Waals surface area contributed by atoms with Crippen LogP contribution in [0, 0.1) is 11.7 Å². The van der Waals surface area contributed by atoms with Crippen molar-refractivity contribution in [1.82, 2.24) is 4.90 Å². The number of hydrogen-bond acceptors (Lipinski definition) is 2. The lowest BCUT2D eigenvalue weighted by Gasteiger charge is -2.19. The Morgan fingerprint density at radius 3 is 2.61 bits per heavy atom. The number of carbonyl (C=O) groups is 1. The quantitative estimate of drug-likeness (QED) is 0.859. The van der Waals surface area contributed by atoms with E-state index in [-0.39, 0.29) is 41.8 Å². The van der Waals surface area contributed by atoms with Crippen molar-refractivity contribution in [2.75, 3.05) is 13.1 Å². The average Bonchev–Trinajstić information content (AvgIpc) is 2.77. The Bertz CT molecular complexity index is 471. The molecule has 0 aromatic heterocycles. The highest BCUT2D eigenvalue weighted by molar-refractivity contribution is 5.95. The second kappa shape index (κ2) is 5.03. The molecule has 2 fully saturated rings. The largest absolute Gasteiger partial charge is 0.336 e. The van der Waals surface area contributed by atoms with Gasteiger partial charge in [0.1, 0.15) is 5.82 Å². The van der Waals surface area contributed by atoms with E-state index in [1.54, 1.807) is 17.0 Å². The van der Waals surface area contributed by atoms with Crippen molar-refractivity contribution >= 4 is 30.7 Å². The van der Waals surface area contributed by atoms with Gasteiger partial charge in [-0.3, -0.25) is 4.79 Å². The first-order valence-electron chi connectivity index (χ1n) is 5.43. The minimum absolute atomic E-state index is 0. The van der Waals surface area contributed by atoms with Gasteiger partial charge in [-0.2, -0.15) is 0 Å². The molecule has 2 aliphatic rings. The fourth-order valence-electron chi connectivity index (χ4n) is 2.49. The summed E-state index contributed by atoms with van der Waals surface area (Å²) in [4.78, 5) is 13.7. The fraction of sp³-hybridized carbons (Fsp3) is 0.417. The predicted molar refractivity (Wildman–Crippen MR) is 71.8 cm³/mol. The third-order valence-corrected chi connectivity index (χ3v) is 3.60. The van der Waals surface area contributed by atoms with Crippen LogP contribution in [0.4, 0.5) is 4.39 Å². The molecule has 1 aliphatic carbocycles. The van der Waals surface area contributed by atoms with Crippen LogP contribution < -0.4 is 5.73 Å². The van der Waals surface area contributed by atoms with E-state index in [9.17, 15) is 9.18 Å².